The van der Waals surface area contributed by atoms with Crippen LogP contribution in [0.2, 0.25) is 0 Å². The zero-order chi connectivity index (χ0) is 14.9. The molecule has 6 nitrogen and oxygen atoms in total. The minimum atomic E-state index is 0.0774. The molecular weight excluding hydrogens is 276 g/mol. The van der Waals surface area contributed by atoms with Crippen molar-refractivity contribution in [1.29, 1.82) is 0 Å². The summed E-state index contributed by atoms with van der Waals surface area (Å²) in [4.78, 5) is 8.81. The van der Waals surface area contributed by atoms with E-state index in [9.17, 15) is 0 Å². The second-order valence-electron chi connectivity index (χ2n) is 6.13. The molecule has 4 rings (SSSR count). The smallest absolute Gasteiger partial charge is 0.117 e. The SMILES string of the molecule is N/C=C/C1CCC1Cn1cc(C2N=CN=C3NC=CC32)cn1. The summed E-state index contributed by atoms with van der Waals surface area (Å²) >= 11 is 0. The first-order chi connectivity index (χ1) is 10.8. The molecule has 1 aliphatic carbocycles. The maximum Gasteiger partial charge on any atom is 0.117 e. The van der Waals surface area contributed by atoms with E-state index in [1.165, 1.54) is 12.8 Å². The number of fused-ring (bicyclic) bond motifs is 1. The minimum Gasteiger partial charge on any atom is -0.405 e. The van der Waals surface area contributed by atoms with Crippen LogP contribution in [0.25, 0.3) is 0 Å². The molecule has 3 N–H and O–H groups in total. The van der Waals surface area contributed by atoms with Crippen LogP contribution in [0.4, 0.5) is 0 Å². The van der Waals surface area contributed by atoms with Crippen molar-refractivity contribution in [3.63, 3.8) is 0 Å². The van der Waals surface area contributed by atoms with Crippen molar-refractivity contribution in [2.75, 3.05) is 0 Å². The van der Waals surface area contributed by atoms with Crippen molar-refractivity contribution in [2.24, 2.45) is 33.5 Å². The second-order valence-corrected chi connectivity index (χ2v) is 6.13. The molecule has 1 saturated carbocycles. The Balaban J connectivity index is 1.47. The van der Waals surface area contributed by atoms with Crippen molar-refractivity contribution < 1.29 is 0 Å². The highest BCUT2D eigenvalue weighted by molar-refractivity contribution is 5.96. The van der Waals surface area contributed by atoms with E-state index in [2.05, 4.69) is 38.7 Å². The molecule has 114 valence electrons. The third kappa shape index (κ3) is 2.24. The molecule has 4 unspecified atom stereocenters. The average molecular weight is 296 g/mol. The summed E-state index contributed by atoms with van der Waals surface area (Å²) in [7, 11) is 0. The van der Waals surface area contributed by atoms with Crippen LogP contribution in [0, 0.1) is 17.8 Å². The van der Waals surface area contributed by atoms with E-state index < -0.39 is 0 Å². The number of aromatic nitrogens is 2. The summed E-state index contributed by atoms with van der Waals surface area (Å²) in [6.07, 6.45) is 16.0. The van der Waals surface area contributed by atoms with Crippen LogP contribution >= 0.6 is 0 Å². The standard InChI is InChI=1S/C16H20N6/c17-5-3-11-1-2-12(11)8-22-9-13(7-21-22)15-14-4-6-18-16(14)20-10-19-15/h3-7,9-12,14-15H,1-2,8,17H2,(H,18,19,20)/b5-3+. The van der Waals surface area contributed by atoms with Crippen LogP contribution in [-0.2, 0) is 6.54 Å². The molecule has 0 saturated heterocycles. The molecule has 3 heterocycles. The Labute approximate surface area is 129 Å². The van der Waals surface area contributed by atoms with Gasteiger partial charge < -0.3 is 11.1 Å². The second kappa shape index (κ2) is 5.44. The molecule has 0 radical (unpaired) electrons. The normalized spacial score (nSPS) is 32.6. The van der Waals surface area contributed by atoms with Gasteiger partial charge in [0.25, 0.3) is 0 Å². The Morgan fingerprint density at radius 2 is 2.36 bits per heavy atom. The number of hydrogen-bond acceptors (Lipinski definition) is 5. The van der Waals surface area contributed by atoms with Crippen LogP contribution in [0.3, 0.4) is 0 Å². The van der Waals surface area contributed by atoms with Crippen molar-refractivity contribution in [1.82, 2.24) is 15.1 Å². The van der Waals surface area contributed by atoms with E-state index in [-0.39, 0.29) is 12.0 Å². The fourth-order valence-electron chi connectivity index (χ4n) is 3.45. The van der Waals surface area contributed by atoms with E-state index in [1.807, 2.05) is 17.1 Å². The maximum absolute atomic E-state index is 5.50. The first kappa shape index (κ1) is 13.3. The number of hydrogen-bond donors (Lipinski definition) is 2. The lowest BCUT2D eigenvalue weighted by atomic mass is 9.73. The third-order valence-corrected chi connectivity index (χ3v) is 4.87. The zero-order valence-corrected chi connectivity index (χ0v) is 12.3. The molecule has 6 heteroatoms. The maximum atomic E-state index is 5.50. The van der Waals surface area contributed by atoms with Crippen LogP contribution < -0.4 is 11.1 Å². The van der Waals surface area contributed by atoms with Gasteiger partial charge in [0, 0.05) is 18.3 Å². The van der Waals surface area contributed by atoms with Gasteiger partial charge in [-0.15, -0.1) is 0 Å². The molecule has 2 aliphatic heterocycles. The first-order valence-corrected chi connectivity index (χ1v) is 7.78. The molecule has 0 amide bonds. The number of rotatable bonds is 4. The van der Waals surface area contributed by atoms with Gasteiger partial charge in [-0.05, 0) is 37.1 Å². The van der Waals surface area contributed by atoms with E-state index in [0.29, 0.717) is 11.8 Å². The highest BCUT2D eigenvalue weighted by Gasteiger charge is 2.32. The molecule has 0 spiro atoms. The Kier molecular flexibility index (Phi) is 3.29. The average Bonchev–Trinajstić information content (AvgIpc) is 3.17. The highest BCUT2D eigenvalue weighted by Crippen LogP contribution is 2.37. The summed E-state index contributed by atoms with van der Waals surface area (Å²) in [5, 5.41) is 7.69. The van der Waals surface area contributed by atoms with Gasteiger partial charge in [0.15, 0.2) is 0 Å². The van der Waals surface area contributed by atoms with Crippen LogP contribution in [0.1, 0.15) is 24.4 Å². The molecular formula is C16H20N6. The summed E-state index contributed by atoms with van der Waals surface area (Å²) in [5.41, 5.74) is 6.65. The van der Waals surface area contributed by atoms with Crippen molar-refractivity contribution in [2.45, 2.75) is 25.4 Å². The topological polar surface area (TPSA) is 80.6 Å². The third-order valence-electron chi connectivity index (χ3n) is 4.87. The number of nitrogens with one attached hydrogen (secondary N) is 1. The minimum absolute atomic E-state index is 0.0774. The van der Waals surface area contributed by atoms with Gasteiger partial charge >= 0.3 is 0 Å². The molecule has 0 aromatic carbocycles. The van der Waals surface area contributed by atoms with Gasteiger partial charge in [-0.2, -0.15) is 5.10 Å². The number of allylic oxidation sites excluding steroid dienone is 1. The van der Waals surface area contributed by atoms with E-state index in [0.717, 1.165) is 17.9 Å². The van der Waals surface area contributed by atoms with Crippen LogP contribution in [0.5, 0.6) is 0 Å². The highest BCUT2D eigenvalue weighted by atomic mass is 15.3. The predicted molar refractivity (Wildman–Crippen MR) is 86.2 cm³/mol. The molecule has 4 atom stereocenters. The molecule has 1 aromatic rings. The molecule has 1 fully saturated rings. The number of nitrogens with two attached hydrogens (primary N) is 1. The van der Waals surface area contributed by atoms with Crippen molar-refractivity contribution in [3.8, 4) is 0 Å². The molecule has 22 heavy (non-hydrogen) atoms. The number of amidine groups is 1. The first-order valence-electron chi connectivity index (χ1n) is 7.78. The summed E-state index contributed by atoms with van der Waals surface area (Å²) in [5.74, 6) is 2.43. The van der Waals surface area contributed by atoms with Crippen LogP contribution in [-0.4, -0.2) is 22.0 Å². The van der Waals surface area contributed by atoms with E-state index in [1.54, 1.807) is 12.5 Å². The van der Waals surface area contributed by atoms with Gasteiger partial charge in [-0.3, -0.25) is 9.67 Å². The molecule has 3 aliphatic rings. The van der Waals surface area contributed by atoms with Gasteiger partial charge in [0.1, 0.15) is 12.2 Å². The monoisotopic (exact) mass is 296 g/mol. The Hall–Kier alpha value is -2.37. The van der Waals surface area contributed by atoms with Crippen molar-refractivity contribution >= 4 is 12.2 Å². The van der Waals surface area contributed by atoms with Crippen molar-refractivity contribution in [3.05, 3.63) is 42.5 Å². The lowest BCUT2D eigenvalue weighted by molar-refractivity contribution is 0.191. The zero-order valence-electron chi connectivity index (χ0n) is 12.3. The van der Waals surface area contributed by atoms with Gasteiger partial charge in [-0.1, -0.05) is 12.2 Å². The predicted octanol–water partition coefficient (Wildman–Crippen LogP) is 1.60. The number of aliphatic imine (C=N–C) groups is 2. The summed E-state index contributed by atoms with van der Waals surface area (Å²) in [6.45, 7) is 0.950. The molecule has 1 aromatic heterocycles. The fourth-order valence-corrected chi connectivity index (χ4v) is 3.45. The van der Waals surface area contributed by atoms with Gasteiger partial charge in [-0.25, -0.2) is 4.99 Å². The largest absolute Gasteiger partial charge is 0.405 e. The van der Waals surface area contributed by atoms with E-state index in [4.69, 9.17) is 5.73 Å². The molecule has 0 bridgehead atoms. The van der Waals surface area contributed by atoms with Crippen LogP contribution in [0.15, 0.2) is 46.9 Å². The lowest BCUT2D eigenvalue weighted by Gasteiger charge is -2.34. The quantitative estimate of drug-likeness (QED) is 0.885. The Morgan fingerprint density at radius 1 is 1.41 bits per heavy atom. The Bertz CT molecular complexity index is 668. The lowest BCUT2D eigenvalue weighted by Crippen LogP contribution is -2.29. The van der Waals surface area contributed by atoms with Gasteiger partial charge in [0.05, 0.1) is 18.2 Å². The summed E-state index contributed by atoms with van der Waals surface area (Å²) in [6, 6.07) is 0.0774. The van der Waals surface area contributed by atoms with E-state index >= 15 is 0 Å². The fraction of sp³-hybridized carbons (Fsp3) is 0.438. The Morgan fingerprint density at radius 3 is 3.18 bits per heavy atom. The van der Waals surface area contributed by atoms with Gasteiger partial charge in [0.2, 0.25) is 0 Å². The number of nitrogens with zero attached hydrogens (tertiary/aromatic N) is 4. The summed E-state index contributed by atoms with van der Waals surface area (Å²) < 4.78 is 2.05.